The summed E-state index contributed by atoms with van der Waals surface area (Å²) in [5, 5.41) is 0.834. The molecule has 6 heteroatoms. The quantitative estimate of drug-likeness (QED) is 0.873. The number of benzene rings is 1. The van der Waals surface area contributed by atoms with Crippen LogP contribution < -0.4 is 4.90 Å². The number of anilines is 2. The van der Waals surface area contributed by atoms with Gasteiger partial charge >= 0.3 is 0 Å². The Morgan fingerprint density at radius 1 is 1.27 bits per heavy atom. The van der Waals surface area contributed by atoms with Crippen LogP contribution in [0.4, 0.5) is 10.8 Å². The Morgan fingerprint density at radius 2 is 1.95 bits per heavy atom. The summed E-state index contributed by atoms with van der Waals surface area (Å²) < 4.78 is 5.30. The molecule has 1 fully saturated rings. The van der Waals surface area contributed by atoms with E-state index < -0.39 is 0 Å². The van der Waals surface area contributed by atoms with Crippen molar-refractivity contribution in [2.75, 3.05) is 38.3 Å². The summed E-state index contributed by atoms with van der Waals surface area (Å²) in [5.41, 5.74) is 1.85. The number of hydrogen-bond donors (Lipinski definition) is 0. The molecule has 0 saturated carbocycles. The third kappa shape index (κ3) is 2.98. The van der Waals surface area contributed by atoms with Crippen LogP contribution in [0.5, 0.6) is 0 Å². The molecule has 1 aromatic carbocycles. The number of rotatable bonds is 3. The van der Waals surface area contributed by atoms with E-state index in [1.54, 1.807) is 0 Å². The van der Waals surface area contributed by atoms with Gasteiger partial charge in [-0.2, -0.15) is 0 Å². The third-order valence-electron chi connectivity index (χ3n) is 3.71. The first-order chi connectivity index (χ1) is 10.7. The molecule has 3 rings (SSSR count). The van der Waals surface area contributed by atoms with Crippen molar-refractivity contribution in [3.63, 3.8) is 0 Å². The first-order valence-electron chi connectivity index (χ1n) is 7.30. The number of ether oxygens (including phenoxy) is 1. The van der Waals surface area contributed by atoms with Gasteiger partial charge in [0.15, 0.2) is 5.13 Å². The second kappa shape index (κ2) is 6.46. The first kappa shape index (κ1) is 15.0. The van der Waals surface area contributed by atoms with Crippen LogP contribution in [0, 0.1) is 6.92 Å². The molecular formula is C16H19N3O2S. The lowest BCUT2D eigenvalue weighted by Gasteiger charge is -2.26. The number of aromatic nitrogens is 1. The van der Waals surface area contributed by atoms with Gasteiger partial charge in [-0.25, -0.2) is 4.98 Å². The van der Waals surface area contributed by atoms with Crippen LogP contribution in [-0.4, -0.2) is 49.1 Å². The van der Waals surface area contributed by atoms with E-state index in [1.165, 1.54) is 11.3 Å². The smallest absolute Gasteiger partial charge is 0.266 e. The van der Waals surface area contributed by atoms with Crippen molar-refractivity contribution < 1.29 is 9.53 Å². The number of amides is 1. The monoisotopic (exact) mass is 317 g/mol. The molecule has 116 valence electrons. The summed E-state index contributed by atoms with van der Waals surface area (Å²) in [4.78, 5) is 21.8. The highest BCUT2D eigenvalue weighted by Crippen LogP contribution is 2.31. The van der Waals surface area contributed by atoms with Crippen LogP contribution in [0.3, 0.4) is 0 Å². The molecule has 0 bridgehead atoms. The maximum atomic E-state index is 12.6. The summed E-state index contributed by atoms with van der Waals surface area (Å²) in [6.45, 7) is 4.42. The number of aryl methyl sites for hydroxylation is 1. The van der Waals surface area contributed by atoms with Crippen molar-refractivity contribution in [3.05, 3.63) is 40.9 Å². The number of nitrogens with zero attached hydrogens (tertiary/aromatic N) is 3. The molecule has 5 nitrogen and oxygen atoms in total. The molecule has 0 radical (unpaired) electrons. The van der Waals surface area contributed by atoms with E-state index in [9.17, 15) is 4.79 Å². The Hall–Kier alpha value is -1.92. The van der Waals surface area contributed by atoms with Gasteiger partial charge in [-0.1, -0.05) is 29.5 Å². The van der Waals surface area contributed by atoms with E-state index in [4.69, 9.17) is 4.74 Å². The molecule has 0 aliphatic carbocycles. The van der Waals surface area contributed by atoms with Crippen molar-refractivity contribution >= 4 is 28.1 Å². The molecule has 1 aromatic heterocycles. The van der Waals surface area contributed by atoms with E-state index in [1.807, 2.05) is 54.1 Å². The topological polar surface area (TPSA) is 45.7 Å². The van der Waals surface area contributed by atoms with Gasteiger partial charge in [-0.3, -0.25) is 4.79 Å². The van der Waals surface area contributed by atoms with E-state index in [0.717, 1.165) is 21.4 Å². The number of para-hydroxylation sites is 1. The molecule has 0 N–H and O–H groups in total. The Labute approximate surface area is 134 Å². The van der Waals surface area contributed by atoms with Crippen molar-refractivity contribution in [1.82, 2.24) is 9.88 Å². The van der Waals surface area contributed by atoms with Gasteiger partial charge < -0.3 is 14.5 Å². The Balaban J connectivity index is 1.83. The molecule has 1 aliphatic heterocycles. The Kier molecular flexibility index (Phi) is 4.40. The van der Waals surface area contributed by atoms with E-state index in [2.05, 4.69) is 4.98 Å². The number of carbonyl (C=O) groups is 1. The minimum atomic E-state index is 0.0611. The maximum absolute atomic E-state index is 12.6. The van der Waals surface area contributed by atoms with Crippen LogP contribution in [-0.2, 0) is 4.74 Å². The highest BCUT2D eigenvalue weighted by molar-refractivity contribution is 7.17. The SMILES string of the molecule is Cc1nc(N(C)c2ccccc2)sc1C(=O)N1CCOCC1. The molecular weight excluding hydrogens is 298 g/mol. The minimum Gasteiger partial charge on any atom is -0.378 e. The van der Waals surface area contributed by atoms with Gasteiger partial charge in [0.2, 0.25) is 0 Å². The summed E-state index contributed by atoms with van der Waals surface area (Å²) in [6.07, 6.45) is 0. The number of carbonyl (C=O) groups excluding carboxylic acids is 1. The number of thiazole rings is 1. The molecule has 2 heterocycles. The number of hydrogen-bond acceptors (Lipinski definition) is 5. The van der Waals surface area contributed by atoms with Gasteiger partial charge in [-0.05, 0) is 19.1 Å². The van der Waals surface area contributed by atoms with E-state index in [0.29, 0.717) is 26.3 Å². The predicted octanol–water partition coefficient (Wildman–Crippen LogP) is 2.69. The van der Waals surface area contributed by atoms with Crippen LogP contribution >= 0.6 is 11.3 Å². The third-order valence-corrected chi connectivity index (χ3v) is 4.93. The second-order valence-electron chi connectivity index (χ2n) is 5.21. The van der Waals surface area contributed by atoms with Gasteiger partial charge in [0, 0.05) is 25.8 Å². The molecule has 0 spiro atoms. The van der Waals surface area contributed by atoms with Crippen molar-refractivity contribution in [3.8, 4) is 0 Å². The van der Waals surface area contributed by atoms with E-state index in [-0.39, 0.29) is 5.91 Å². The summed E-state index contributed by atoms with van der Waals surface area (Å²) in [7, 11) is 1.97. The van der Waals surface area contributed by atoms with Gasteiger partial charge in [0.05, 0.1) is 18.9 Å². The lowest BCUT2D eigenvalue weighted by atomic mass is 10.3. The average Bonchev–Trinajstić information content (AvgIpc) is 2.97. The highest BCUT2D eigenvalue weighted by atomic mass is 32.1. The second-order valence-corrected chi connectivity index (χ2v) is 6.19. The van der Waals surface area contributed by atoms with Crippen LogP contribution in [0.1, 0.15) is 15.4 Å². The van der Waals surface area contributed by atoms with E-state index >= 15 is 0 Å². The molecule has 22 heavy (non-hydrogen) atoms. The minimum absolute atomic E-state index is 0.0611. The van der Waals surface area contributed by atoms with Crippen LogP contribution in [0.2, 0.25) is 0 Å². The Morgan fingerprint density at radius 3 is 2.64 bits per heavy atom. The zero-order valence-corrected chi connectivity index (χ0v) is 13.6. The fourth-order valence-corrected chi connectivity index (χ4v) is 3.41. The number of morpholine rings is 1. The fraction of sp³-hybridized carbons (Fsp3) is 0.375. The van der Waals surface area contributed by atoms with Crippen molar-refractivity contribution in [1.29, 1.82) is 0 Å². The highest BCUT2D eigenvalue weighted by Gasteiger charge is 2.24. The molecule has 2 aromatic rings. The molecule has 1 amide bonds. The Bertz CT molecular complexity index is 651. The zero-order chi connectivity index (χ0) is 15.5. The van der Waals surface area contributed by atoms with Crippen molar-refractivity contribution in [2.24, 2.45) is 0 Å². The lowest BCUT2D eigenvalue weighted by Crippen LogP contribution is -2.40. The predicted molar refractivity (Wildman–Crippen MR) is 88.1 cm³/mol. The molecule has 0 atom stereocenters. The summed E-state index contributed by atoms with van der Waals surface area (Å²) in [5.74, 6) is 0.0611. The molecule has 1 saturated heterocycles. The largest absolute Gasteiger partial charge is 0.378 e. The zero-order valence-electron chi connectivity index (χ0n) is 12.8. The van der Waals surface area contributed by atoms with Gasteiger partial charge in [-0.15, -0.1) is 0 Å². The first-order valence-corrected chi connectivity index (χ1v) is 8.11. The molecule has 0 unspecified atom stereocenters. The molecule has 1 aliphatic rings. The van der Waals surface area contributed by atoms with Crippen LogP contribution in [0.15, 0.2) is 30.3 Å². The van der Waals surface area contributed by atoms with Crippen molar-refractivity contribution in [2.45, 2.75) is 6.92 Å². The maximum Gasteiger partial charge on any atom is 0.266 e. The normalized spacial score (nSPS) is 14.9. The summed E-state index contributed by atoms with van der Waals surface area (Å²) in [6, 6.07) is 10.0. The summed E-state index contributed by atoms with van der Waals surface area (Å²) >= 11 is 1.45. The lowest BCUT2D eigenvalue weighted by molar-refractivity contribution is 0.0305. The van der Waals surface area contributed by atoms with Gasteiger partial charge in [0.25, 0.3) is 5.91 Å². The fourth-order valence-electron chi connectivity index (χ4n) is 2.40. The van der Waals surface area contributed by atoms with Gasteiger partial charge in [0.1, 0.15) is 4.88 Å². The standard InChI is InChI=1S/C16H19N3O2S/c1-12-14(15(20)19-8-10-21-11-9-19)22-16(17-12)18(2)13-6-4-3-5-7-13/h3-7H,8-11H2,1-2H3. The van der Waals surface area contributed by atoms with Crippen LogP contribution in [0.25, 0.3) is 0 Å². The average molecular weight is 317 g/mol.